The maximum absolute atomic E-state index is 12.4. The van der Waals surface area contributed by atoms with Crippen LogP contribution in [0.2, 0.25) is 0 Å². The molecule has 0 heterocycles. The predicted molar refractivity (Wildman–Crippen MR) is 94.7 cm³/mol. The fourth-order valence-corrected chi connectivity index (χ4v) is 3.46. The van der Waals surface area contributed by atoms with Gasteiger partial charge in [0.2, 0.25) is 5.91 Å². The van der Waals surface area contributed by atoms with Crippen molar-refractivity contribution in [1.29, 1.82) is 0 Å². The van der Waals surface area contributed by atoms with Gasteiger partial charge in [-0.15, -0.1) is 0 Å². The third-order valence-electron chi connectivity index (χ3n) is 4.86. The van der Waals surface area contributed by atoms with Crippen LogP contribution in [0.3, 0.4) is 0 Å². The van der Waals surface area contributed by atoms with Gasteiger partial charge < -0.3 is 10.4 Å². The number of aliphatic hydroxyl groups is 1. The molecular weight excluding hydrogens is 288 g/mol. The Bertz CT molecular complexity index is 516. The SMILES string of the molecule is CCN(CC(=O)Nc1c(C)cccc1C)CC1(O)CCCCC1. The number of nitrogens with one attached hydrogen (secondary N) is 1. The van der Waals surface area contributed by atoms with Crippen molar-refractivity contribution in [3.63, 3.8) is 0 Å². The predicted octanol–water partition coefficient (Wildman–Crippen LogP) is 3.26. The smallest absolute Gasteiger partial charge is 0.238 e. The van der Waals surface area contributed by atoms with Crippen LogP contribution >= 0.6 is 0 Å². The topological polar surface area (TPSA) is 52.6 Å². The lowest BCUT2D eigenvalue weighted by atomic mass is 9.84. The number of rotatable bonds is 6. The molecule has 1 aromatic rings. The van der Waals surface area contributed by atoms with E-state index in [0.29, 0.717) is 13.1 Å². The third kappa shape index (κ3) is 5.05. The van der Waals surface area contributed by atoms with Crippen molar-refractivity contribution in [2.45, 2.75) is 58.5 Å². The maximum Gasteiger partial charge on any atom is 0.238 e. The second-order valence-electron chi connectivity index (χ2n) is 6.90. The highest BCUT2D eigenvalue weighted by Gasteiger charge is 2.31. The van der Waals surface area contributed by atoms with Gasteiger partial charge in [-0.25, -0.2) is 0 Å². The van der Waals surface area contributed by atoms with E-state index in [2.05, 4.69) is 5.32 Å². The van der Waals surface area contributed by atoms with Gasteiger partial charge in [0.1, 0.15) is 0 Å². The number of carbonyl (C=O) groups excluding carboxylic acids is 1. The minimum Gasteiger partial charge on any atom is -0.389 e. The Balaban J connectivity index is 1.94. The first-order chi connectivity index (χ1) is 10.9. The molecule has 128 valence electrons. The van der Waals surface area contributed by atoms with Gasteiger partial charge in [-0.2, -0.15) is 0 Å². The van der Waals surface area contributed by atoms with Crippen molar-refractivity contribution in [3.8, 4) is 0 Å². The fraction of sp³-hybridized carbons (Fsp3) is 0.632. The number of aryl methyl sites for hydroxylation is 2. The van der Waals surface area contributed by atoms with Gasteiger partial charge in [-0.05, 0) is 44.4 Å². The average molecular weight is 318 g/mol. The molecule has 2 N–H and O–H groups in total. The van der Waals surface area contributed by atoms with E-state index in [0.717, 1.165) is 49.0 Å². The van der Waals surface area contributed by atoms with Crippen molar-refractivity contribution in [2.24, 2.45) is 0 Å². The third-order valence-corrected chi connectivity index (χ3v) is 4.86. The Morgan fingerprint density at radius 1 is 1.22 bits per heavy atom. The van der Waals surface area contributed by atoms with Gasteiger partial charge in [0.25, 0.3) is 0 Å². The van der Waals surface area contributed by atoms with E-state index in [1.807, 2.05) is 43.9 Å². The molecular formula is C19H30N2O2. The molecule has 0 aliphatic heterocycles. The summed E-state index contributed by atoms with van der Waals surface area (Å²) in [6, 6.07) is 6.01. The molecule has 1 aliphatic rings. The first kappa shape index (κ1) is 18.0. The molecule has 23 heavy (non-hydrogen) atoms. The Kier molecular flexibility index (Phi) is 6.19. The highest BCUT2D eigenvalue weighted by Crippen LogP contribution is 2.28. The van der Waals surface area contributed by atoms with Crippen molar-refractivity contribution < 1.29 is 9.90 Å². The number of hydrogen-bond acceptors (Lipinski definition) is 3. The quantitative estimate of drug-likeness (QED) is 0.846. The second kappa shape index (κ2) is 7.93. The van der Waals surface area contributed by atoms with E-state index in [-0.39, 0.29) is 5.91 Å². The van der Waals surface area contributed by atoms with Crippen LogP contribution in [0.1, 0.15) is 50.2 Å². The summed E-state index contributed by atoms with van der Waals surface area (Å²) in [5.74, 6) is -0.0105. The molecule has 1 saturated carbocycles. The normalized spacial score (nSPS) is 17.3. The van der Waals surface area contributed by atoms with Crippen LogP contribution < -0.4 is 5.32 Å². The molecule has 1 amide bonds. The monoisotopic (exact) mass is 318 g/mol. The Morgan fingerprint density at radius 3 is 2.39 bits per heavy atom. The Hall–Kier alpha value is -1.39. The molecule has 0 spiro atoms. The first-order valence-corrected chi connectivity index (χ1v) is 8.74. The number of hydrogen-bond donors (Lipinski definition) is 2. The van der Waals surface area contributed by atoms with Crippen LogP contribution in [0.25, 0.3) is 0 Å². The van der Waals surface area contributed by atoms with E-state index in [9.17, 15) is 9.90 Å². The van der Waals surface area contributed by atoms with Crippen LogP contribution in [0.15, 0.2) is 18.2 Å². The summed E-state index contributed by atoms with van der Waals surface area (Å²) in [5, 5.41) is 13.7. The van der Waals surface area contributed by atoms with Crippen molar-refractivity contribution in [1.82, 2.24) is 4.90 Å². The average Bonchev–Trinajstić information content (AvgIpc) is 2.51. The highest BCUT2D eigenvalue weighted by atomic mass is 16.3. The summed E-state index contributed by atoms with van der Waals surface area (Å²) < 4.78 is 0. The molecule has 2 rings (SSSR count). The van der Waals surface area contributed by atoms with E-state index >= 15 is 0 Å². The first-order valence-electron chi connectivity index (χ1n) is 8.74. The summed E-state index contributed by atoms with van der Waals surface area (Å²) in [7, 11) is 0. The molecule has 0 radical (unpaired) electrons. The number of amides is 1. The molecule has 4 heteroatoms. The summed E-state index contributed by atoms with van der Waals surface area (Å²) in [6.45, 7) is 7.73. The second-order valence-corrected chi connectivity index (χ2v) is 6.90. The Labute approximate surface area is 139 Å². The molecule has 4 nitrogen and oxygen atoms in total. The molecule has 0 aromatic heterocycles. The zero-order valence-electron chi connectivity index (χ0n) is 14.7. The molecule has 0 unspecified atom stereocenters. The number of para-hydroxylation sites is 1. The number of anilines is 1. The number of nitrogens with zero attached hydrogens (tertiary/aromatic N) is 1. The summed E-state index contributed by atoms with van der Waals surface area (Å²) in [5.41, 5.74) is 2.44. The van der Waals surface area contributed by atoms with Crippen LogP contribution in [0.5, 0.6) is 0 Å². The van der Waals surface area contributed by atoms with Crippen molar-refractivity contribution in [3.05, 3.63) is 29.3 Å². The number of likely N-dealkylation sites (N-methyl/N-ethyl adjacent to an activating group) is 1. The molecule has 1 fully saturated rings. The van der Waals surface area contributed by atoms with E-state index in [1.54, 1.807) is 0 Å². The zero-order valence-corrected chi connectivity index (χ0v) is 14.7. The lowest BCUT2D eigenvalue weighted by Gasteiger charge is -2.36. The van der Waals surface area contributed by atoms with Gasteiger partial charge in [0.15, 0.2) is 0 Å². The van der Waals surface area contributed by atoms with Crippen LogP contribution in [-0.4, -0.2) is 41.1 Å². The Morgan fingerprint density at radius 2 is 1.83 bits per heavy atom. The minimum absolute atomic E-state index is 0.0105. The van der Waals surface area contributed by atoms with Crippen LogP contribution in [-0.2, 0) is 4.79 Å². The van der Waals surface area contributed by atoms with Crippen molar-refractivity contribution >= 4 is 11.6 Å². The van der Waals surface area contributed by atoms with Gasteiger partial charge in [-0.1, -0.05) is 44.4 Å². The standard InChI is InChI=1S/C19H30N2O2/c1-4-21(14-19(23)11-6-5-7-12-19)13-17(22)20-18-15(2)9-8-10-16(18)3/h8-10,23H,4-7,11-14H2,1-3H3,(H,20,22). The van der Waals surface area contributed by atoms with E-state index < -0.39 is 5.60 Å². The fourth-order valence-electron chi connectivity index (χ4n) is 3.46. The zero-order chi connectivity index (χ0) is 16.9. The van der Waals surface area contributed by atoms with Crippen LogP contribution in [0, 0.1) is 13.8 Å². The largest absolute Gasteiger partial charge is 0.389 e. The summed E-state index contributed by atoms with van der Waals surface area (Å²) in [6.07, 6.45) is 5.08. The molecule has 1 aromatic carbocycles. The number of carbonyl (C=O) groups is 1. The molecule has 1 aliphatic carbocycles. The van der Waals surface area contributed by atoms with Gasteiger partial charge in [-0.3, -0.25) is 9.69 Å². The highest BCUT2D eigenvalue weighted by molar-refractivity contribution is 5.93. The van der Waals surface area contributed by atoms with Crippen LogP contribution in [0.4, 0.5) is 5.69 Å². The van der Waals surface area contributed by atoms with E-state index in [4.69, 9.17) is 0 Å². The molecule has 0 saturated heterocycles. The van der Waals surface area contributed by atoms with Gasteiger partial charge in [0.05, 0.1) is 12.1 Å². The molecule has 0 bridgehead atoms. The number of benzene rings is 1. The van der Waals surface area contributed by atoms with Gasteiger partial charge in [0, 0.05) is 12.2 Å². The summed E-state index contributed by atoms with van der Waals surface area (Å²) >= 11 is 0. The maximum atomic E-state index is 12.4. The lowest BCUT2D eigenvalue weighted by Crippen LogP contribution is -2.46. The van der Waals surface area contributed by atoms with Crippen molar-refractivity contribution in [2.75, 3.05) is 25.0 Å². The summed E-state index contributed by atoms with van der Waals surface area (Å²) in [4.78, 5) is 14.4. The minimum atomic E-state index is -0.618. The van der Waals surface area contributed by atoms with E-state index in [1.165, 1.54) is 6.42 Å². The lowest BCUT2D eigenvalue weighted by molar-refractivity contribution is -0.118. The molecule has 0 atom stereocenters. The van der Waals surface area contributed by atoms with Gasteiger partial charge >= 0.3 is 0 Å².